The highest BCUT2D eigenvalue weighted by atomic mass is 16.5. The molecule has 1 aromatic heterocycles. The molecule has 0 aromatic carbocycles. The van der Waals surface area contributed by atoms with E-state index in [-0.39, 0.29) is 5.54 Å². The normalized spacial score (nSPS) is 24.6. The summed E-state index contributed by atoms with van der Waals surface area (Å²) < 4.78 is 5.15. The molecule has 0 spiro atoms. The number of rotatable bonds is 3. The fourth-order valence-corrected chi connectivity index (χ4v) is 1.61. The van der Waals surface area contributed by atoms with Crippen molar-refractivity contribution >= 4 is 0 Å². The Labute approximate surface area is 82.3 Å². The Balaban J connectivity index is 1.70. The lowest BCUT2D eigenvalue weighted by atomic mass is 10.2. The van der Waals surface area contributed by atoms with Crippen molar-refractivity contribution in [3.05, 3.63) is 11.7 Å². The first-order valence-corrected chi connectivity index (χ1v) is 5.11. The predicted molar refractivity (Wildman–Crippen MR) is 49.3 cm³/mol. The van der Waals surface area contributed by atoms with E-state index < -0.39 is 0 Å². The molecule has 2 aliphatic rings. The molecule has 3 rings (SSSR count). The highest BCUT2D eigenvalue weighted by Crippen LogP contribution is 2.41. The van der Waals surface area contributed by atoms with E-state index in [4.69, 9.17) is 10.3 Å². The highest BCUT2D eigenvalue weighted by Gasteiger charge is 2.45. The molecule has 1 aliphatic carbocycles. The highest BCUT2D eigenvalue weighted by molar-refractivity contribution is 5.11. The van der Waals surface area contributed by atoms with Crippen LogP contribution in [0.15, 0.2) is 4.52 Å². The number of nitrogens with zero attached hydrogens (tertiary/aromatic N) is 3. The molecular formula is C9H14N4O. The summed E-state index contributed by atoms with van der Waals surface area (Å²) in [6.45, 7) is 3.11. The summed E-state index contributed by atoms with van der Waals surface area (Å²) in [5.41, 5.74) is 5.66. The molecule has 0 atom stereocenters. The van der Waals surface area contributed by atoms with Crippen molar-refractivity contribution in [2.45, 2.75) is 31.3 Å². The van der Waals surface area contributed by atoms with Crippen LogP contribution in [0.5, 0.6) is 0 Å². The first-order valence-electron chi connectivity index (χ1n) is 5.11. The third-order valence-corrected chi connectivity index (χ3v) is 3.00. The topological polar surface area (TPSA) is 68.2 Å². The Morgan fingerprint density at radius 1 is 1.43 bits per heavy atom. The van der Waals surface area contributed by atoms with E-state index in [1.54, 1.807) is 0 Å². The maximum Gasteiger partial charge on any atom is 0.246 e. The number of likely N-dealkylation sites (tertiary alicyclic amines) is 1. The predicted octanol–water partition coefficient (Wildman–Crippen LogP) is 0.223. The second kappa shape index (κ2) is 2.77. The van der Waals surface area contributed by atoms with Crippen LogP contribution in [0.1, 0.15) is 31.0 Å². The van der Waals surface area contributed by atoms with Gasteiger partial charge in [0.15, 0.2) is 5.82 Å². The second-order valence-electron chi connectivity index (χ2n) is 4.30. The average molecular weight is 194 g/mol. The van der Waals surface area contributed by atoms with E-state index in [0.29, 0.717) is 5.89 Å². The summed E-state index contributed by atoms with van der Waals surface area (Å²) in [5.74, 6) is 1.39. The van der Waals surface area contributed by atoms with E-state index in [1.165, 1.54) is 6.42 Å². The van der Waals surface area contributed by atoms with Crippen LogP contribution in [0, 0.1) is 0 Å². The van der Waals surface area contributed by atoms with Gasteiger partial charge >= 0.3 is 0 Å². The summed E-state index contributed by atoms with van der Waals surface area (Å²) >= 11 is 0. The lowest BCUT2D eigenvalue weighted by Gasteiger charge is -2.28. The zero-order valence-electron chi connectivity index (χ0n) is 8.07. The van der Waals surface area contributed by atoms with Crippen LogP contribution in [0.2, 0.25) is 0 Å². The summed E-state index contributed by atoms with van der Waals surface area (Å²) in [6.07, 6.45) is 3.22. The molecule has 0 radical (unpaired) electrons. The number of aromatic nitrogens is 2. The quantitative estimate of drug-likeness (QED) is 0.745. The Morgan fingerprint density at radius 2 is 2.21 bits per heavy atom. The van der Waals surface area contributed by atoms with Gasteiger partial charge in [0.25, 0.3) is 0 Å². The fourth-order valence-electron chi connectivity index (χ4n) is 1.61. The van der Waals surface area contributed by atoms with Crippen LogP contribution in [-0.2, 0) is 12.1 Å². The lowest BCUT2D eigenvalue weighted by molar-refractivity contribution is 0.166. The molecule has 0 bridgehead atoms. The summed E-state index contributed by atoms with van der Waals surface area (Å²) in [7, 11) is 0. The van der Waals surface area contributed by atoms with Crippen molar-refractivity contribution in [1.29, 1.82) is 0 Å². The number of hydrogen-bond acceptors (Lipinski definition) is 5. The molecule has 5 heteroatoms. The van der Waals surface area contributed by atoms with Gasteiger partial charge < -0.3 is 10.3 Å². The van der Waals surface area contributed by atoms with E-state index >= 15 is 0 Å². The van der Waals surface area contributed by atoms with E-state index in [2.05, 4.69) is 15.0 Å². The van der Waals surface area contributed by atoms with Crippen LogP contribution in [0.3, 0.4) is 0 Å². The van der Waals surface area contributed by atoms with Gasteiger partial charge in [0.05, 0.1) is 12.1 Å². The Bertz CT molecular complexity index is 340. The van der Waals surface area contributed by atoms with Gasteiger partial charge in [-0.25, -0.2) is 0 Å². The van der Waals surface area contributed by atoms with Gasteiger partial charge in [0.2, 0.25) is 5.89 Å². The Morgan fingerprint density at radius 3 is 2.79 bits per heavy atom. The Kier molecular flexibility index (Phi) is 1.66. The van der Waals surface area contributed by atoms with Crippen molar-refractivity contribution in [1.82, 2.24) is 15.0 Å². The van der Waals surface area contributed by atoms with Crippen molar-refractivity contribution in [3.8, 4) is 0 Å². The molecule has 2 N–H and O–H groups in total. The van der Waals surface area contributed by atoms with Crippen LogP contribution in [0.4, 0.5) is 0 Å². The average Bonchev–Trinajstić information content (AvgIpc) is 2.68. The smallest absolute Gasteiger partial charge is 0.246 e. The first kappa shape index (κ1) is 8.38. The van der Waals surface area contributed by atoms with Crippen molar-refractivity contribution in [2.75, 3.05) is 13.1 Å². The molecule has 1 saturated carbocycles. The SMILES string of the molecule is NC1(c2nc(CN3CCC3)no2)CC1. The van der Waals surface area contributed by atoms with Crippen LogP contribution < -0.4 is 5.73 Å². The Hall–Kier alpha value is -0.940. The first-order chi connectivity index (χ1) is 6.76. The van der Waals surface area contributed by atoms with Crippen LogP contribution >= 0.6 is 0 Å². The van der Waals surface area contributed by atoms with Crippen molar-refractivity contribution < 1.29 is 4.52 Å². The summed E-state index contributed by atoms with van der Waals surface area (Å²) in [5, 5.41) is 3.94. The zero-order valence-corrected chi connectivity index (χ0v) is 8.07. The molecule has 14 heavy (non-hydrogen) atoms. The lowest BCUT2D eigenvalue weighted by Crippen LogP contribution is -2.36. The summed E-state index contributed by atoms with van der Waals surface area (Å²) in [4.78, 5) is 6.62. The van der Waals surface area contributed by atoms with Gasteiger partial charge in [0.1, 0.15) is 0 Å². The molecule has 5 nitrogen and oxygen atoms in total. The van der Waals surface area contributed by atoms with Crippen LogP contribution in [-0.4, -0.2) is 28.1 Å². The van der Waals surface area contributed by atoms with E-state index in [0.717, 1.165) is 38.3 Å². The monoisotopic (exact) mass is 194 g/mol. The van der Waals surface area contributed by atoms with Crippen molar-refractivity contribution in [2.24, 2.45) is 5.73 Å². The second-order valence-corrected chi connectivity index (χ2v) is 4.30. The van der Waals surface area contributed by atoms with Gasteiger partial charge in [-0.05, 0) is 32.4 Å². The number of hydrogen-bond donors (Lipinski definition) is 1. The molecule has 2 fully saturated rings. The third kappa shape index (κ3) is 1.33. The zero-order chi connectivity index (χ0) is 9.60. The minimum atomic E-state index is -0.291. The van der Waals surface area contributed by atoms with Crippen molar-refractivity contribution in [3.63, 3.8) is 0 Å². The molecule has 1 aromatic rings. The van der Waals surface area contributed by atoms with E-state index in [9.17, 15) is 0 Å². The van der Waals surface area contributed by atoms with Gasteiger partial charge in [-0.3, -0.25) is 4.90 Å². The maximum absolute atomic E-state index is 5.95. The minimum Gasteiger partial charge on any atom is -0.337 e. The third-order valence-electron chi connectivity index (χ3n) is 3.00. The molecule has 0 unspecified atom stereocenters. The molecule has 76 valence electrons. The largest absolute Gasteiger partial charge is 0.337 e. The van der Waals surface area contributed by atoms with Gasteiger partial charge in [0, 0.05) is 0 Å². The minimum absolute atomic E-state index is 0.291. The van der Waals surface area contributed by atoms with Gasteiger partial charge in [-0.15, -0.1) is 0 Å². The maximum atomic E-state index is 5.95. The molecular weight excluding hydrogens is 180 g/mol. The van der Waals surface area contributed by atoms with Crippen LogP contribution in [0.25, 0.3) is 0 Å². The number of nitrogens with two attached hydrogens (primary N) is 1. The molecule has 2 heterocycles. The van der Waals surface area contributed by atoms with E-state index in [1.807, 2.05) is 0 Å². The standard InChI is InChI=1S/C9H14N4O/c10-9(2-3-9)8-11-7(12-14-8)6-13-4-1-5-13/h1-6,10H2. The fraction of sp³-hybridized carbons (Fsp3) is 0.778. The molecule has 1 saturated heterocycles. The summed E-state index contributed by atoms with van der Waals surface area (Å²) in [6, 6.07) is 0. The van der Waals surface area contributed by atoms with Gasteiger partial charge in [-0.1, -0.05) is 5.16 Å². The molecule has 0 amide bonds. The van der Waals surface area contributed by atoms with Gasteiger partial charge in [-0.2, -0.15) is 4.98 Å². The molecule has 1 aliphatic heterocycles.